The smallest absolute Gasteiger partial charge is 0.307 e. The third kappa shape index (κ3) is 3.45. The van der Waals surface area contributed by atoms with Gasteiger partial charge in [0, 0.05) is 0 Å². The van der Waals surface area contributed by atoms with Gasteiger partial charge in [-0.2, -0.15) is 0 Å². The molecule has 0 aliphatic heterocycles. The van der Waals surface area contributed by atoms with Crippen LogP contribution in [-0.2, 0) is 9.59 Å². The van der Waals surface area contributed by atoms with E-state index in [1.807, 2.05) is 0 Å². The van der Waals surface area contributed by atoms with Gasteiger partial charge >= 0.3 is 11.9 Å². The van der Waals surface area contributed by atoms with Gasteiger partial charge in [0.15, 0.2) is 0 Å². The van der Waals surface area contributed by atoms with Crippen molar-refractivity contribution >= 4 is 11.9 Å². The summed E-state index contributed by atoms with van der Waals surface area (Å²) in [6.45, 7) is 3.59. The van der Waals surface area contributed by atoms with Gasteiger partial charge in [0.25, 0.3) is 0 Å². The van der Waals surface area contributed by atoms with Crippen LogP contribution >= 0.6 is 0 Å². The SMILES string of the molecule is CCC1C[CH]CC1CC(C(=O)O)C(C)C(=O)O. The number of carboxylic acid groups (broad SMARTS) is 2. The summed E-state index contributed by atoms with van der Waals surface area (Å²) in [4.78, 5) is 22.1. The second kappa shape index (κ2) is 6.03. The van der Waals surface area contributed by atoms with Crippen molar-refractivity contribution in [2.24, 2.45) is 23.7 Å². The highest BCUT2D eigenvalue weighted by atomic mass is 16.4. The van der Waals surface area contributed by atoms with Crippen molar-refractivity contribution in [2.45, 2.75) is 39.5 Å². The molecule has 1 aliphatic carbocycles. The molecule has 1 saturated carbocycles. The van der Waals surface area contributed by atoms with E-state index in [4.69, 9.17) is 10.2 Å². The monoisotopic (exact) mass is 241 g/mol. The Morgan fingerprint density at radius 3 is 2.29 bits per heavy atom. The lowest BCUT2D eigenvalue weighted by Crippen LogP contribution is -2.30. The Labute approximate surface area is 102 Å². The van der Waals surface area contributed by atoms with E-state index >= 15 is 0 Å². The van der Waals surface area contributed by atoms with Gasteiger partial charge in [-0.15, -0.1) is 0 Å². The van der Waals surface area contributed by atoms with Crippen LogP contribution in [0, 0.1) is 30.1 Å². The largest absolute Gasteiger partial charge is 0.481 e. The number of carboxylic acids is 2. The fraction of sp³-hybridized carbons (Fsp3) is 0.769. The van der Waals surface area contributed by atoms with Crippen molar-refractivity contribution < 1.29 is 19.8 Å². The van der Waals surface area contributed by atoms with Crippen LogP contribution in [0.1, 0.15) is 39.5 Å². The third-order valence-corrected chi connectivity index (χ3v) is 4.00. The van der Waals surface area contributed by atoms with Crippen LogP contribution in [-0.4, -0.2) is 22.2 Å². The van der Waals surface area contributed by atoms with Crippen LogP contribution in [0.5, 0.6) is 0 Å². The lowest BCUT2D eigenvalue weighted by Gasteiger charge is -2.24. The molecule has 97 valence electrons. The van der Waals surface area contributed by atoms with E-state index in [1.54, 1.807) is 0 Å². The van der Waals surface area contributed by atoms with Gasteiger partial charge in [-0.1, -0.05) is 20.3 Å². The fourth-order valence-electron chi connectivity index (χ4n) is 2.72. The molecule has 0 amide bonds. The average molecular weight is 241 g/mol. The van der Waals surface area contributed by atoms with Crippen molar-refractivity contribution in [3.63, 3.8) is 0 Å². The molecule has 0 saturated heterocycles. The van der Waals surface area contributed by atoms with Crippen molar-refractivity contribution in [2.75, 3.05) is 0 Å². The molecule has 0 heterocycles. The van der Waals surface area contributed by atoms with Gasteiger partial charge in [0.2, 0.25) is 0 Å². The van der Waals surface area contributed by atoms with E-state index in [0.717, 1.165) is 19.3 Å². The molecule has 1 rings (SSSR count). The van der Waals surface area contributed by atoms with Gasteiger partial charge in [0.1, 0.15) is 0 Å². The molecule has 0 aromatic carbocycles. The summed E-state index contributed by atoms with van der Waals surface area (Å²) in [6.07, 6.45) is 5.68. The van der Waals surface area contributed by atoms with E-state index in [1.165, 1.54) is 6.92 Å². The maximum absolute atomic E-state index is 11.2. The zero-order chi connectivity index (χ0) is 13.0. The predicted octanol–water partition coefficient (Wildman–Crippen LogP) is 2.44. The van der Waals surface area contributed by atoms with Crippen molar-refractivity contribution in [1.82, 2.24) is 0 Å². The molecule has 0 bridgehead atoms. The van der Waals surface area contributed by atoms with Crippen LogP contribution in [0.2, 0.25) is 0 Å². The Bertz CT molecular complexity index is 287. The highest BCUT2D eigenvalue weighted by molar-refractivity contribution is 5.79. The third-order valence-electron chi connectivity index (χ3n) is 4.00. The standard InChI is InChI=1S/C13H21O4/c1-3-9-5-4-6-10(9)7-11(13(16)17)8(2)12(14)15/h4,8-11H,3,5-7H2,1-2H3,(H,14,15)(H,16,17). The summed E-state index contributed by atoms with van der Waals surface area (Å²) in [5, 5.41) is 18.1. The van der Waals surface area contributed by atoms with Crippen LogP contribution < -0.4 is 0 Å². The van der Waals surface area contributed by atoms with E-state index in [-0.39, 0.29) is 0 Å². The molecule has 0 aromatic heterocycles. The molecule has 4 unspecified atom stereocenters. The Balaban J connectivity index is 2.66. The summed E-state index contributed by atoms with van der Waals surface area (Å²) in [5.74, 6) is -2.72. The molecule has 4 heteroatoms. The van der Waals surface area contributed by atoms with Crippen LogP contribution in [0.4, 0.5) is 0 Å². The topological polar surface area (TPSA) is 74.6 Å². The van der Waals surface area contributed by atoms with Gasteiger partial charge in [0.05, 0.1) is 11.8 Å². The number of hydrogen-bond acceptors (Lipinski definition) is 2. The summed E-state index contributed by atoms with van der Waals surface area (Å²) in [5.41, 5.74) is 0. The maximum atomic E-state index is 11.2. The molecule has 1 radical (unpaired) electrons. The summed E-state index contributed by atoms with van der Waals surface area (Å²) in [6, 6.07) is 0. The van der Waals surface area contributed by atoms with E-state index in [0.29, 0.717) is 18.3 Å². The van der Waals surface area contributed by atoms with Crippen LogP contribution in [0.3, 0.4) is 0 Å². The Hall–Kier alpha value is -1.06. The quantitative estimate of drug-likeness (QED) is 0.749. The molecular formula is C13H21O4. The van der Waals surface area contributed by atoms with Gasteiger partial charge < -0.3 is 10.2 Å². The van der Waals surface area contributed by atoms with Crippen molar-refractivity contribution in [1.29, 1.82) is 0 Å². The van der Waals surface area contributed by atoms with Crippen LogP contribution in [0.25, 0.3) is 0 Å². The Kier molecular flexibility index (Phi) is 4.97. The second-order valence-electron chi connectivity index (χ2n) is 5.00. The predicted molar refractivity (Wildman–Crippen MR) is 63.3 cm³/mol. The summed E-state index contributed by atoms with van der Waals surface area (Å²) in [7, 11) is 0. The molecule has 1 aliphatic rings. The fourth-order valence-corrected chi connectivity index (χ4v) is 2.72. The highest BCUT2D eigenvalue weighted by Gasteiger charge is 2.35. The molecular weight excluding hydrogens is 220 g/mol. The first-order chi connectivity index (χ1) is 7.97. The number of aliphatic carboxylic acids is 2. The first-order valence-electron chi connectivity index (χ1n) is 6.24. The van der Waals surface area contributed by atoms with E-state index in [2.05, 4.69) is 13.3 Å². The first-order valence-corrected chi connectivity index (χ1v) is 6.24. The summed E-state index contributed by atoms with van der Waals surface area (Å²) >= 11 is 0. The Morgan fingerprint density at radius 1 is 1.24 bits per heavy atom. The van der Waals surface area contributed by atoms with Gasteiger partial charge in [-0.05, 0) is 37.5 Å². The number of carbonyl (C=O) groups is 2. The minimum Gasteiger partial charge on any atom is -0.481 e. The molecule has 17 heavy (non-hydrogen) atoms. The molecule has 4 atom stereocenters. The van der Waals surface area contributed by atoms with Gasteiger partial charge in [-0.25, -0.2) is 0 Å². The normalized spacial score (nSPS) is 27.6. The minimum atomic E-state index is -1.02. The van der Waals surface area contributed by atoms with E-state index < -0.39 is 23.8 Å². The first kappa shape index (κ1) is 14.0. The lowest BCUT2D eigenvalue weighted by molar-refractivity contribution is -0.153. The lowest BCUT2D eigenvalue weighted by atomic mass is 9.80. The zero-order valence-electron chi connectivity index (χ0n) is 10.4. The summed E-state index contributed by atoms with van der Waals surface area (Å²) < 4.78 is 0. The number of rotatable bonds is 6. The van der Waals surface area contributed by atoms with Gasteiger partial charge in [-0.3, -0.25) is 9.59 Å². The minimum absolute atomic E-state index is 0.336. The van der Waals surface area contributed by atoms with Crippen molar-refractivity contribution in [3.05, 3.63) is 6.42 Å². The Morgan fingerprint density at radius 2 is 1.82 bits per heavy atom. The van der Waals surface area contributed by atoms with Crippen molar-refractivity contribution in [3.8, 4) is 0 Å². The zero-order valence-corrected chi connectivity index (χ0v) is 10.4. The van der Waals surface area contributed by atoms with Crippen LogP contribution in [0.15, 0.2) is 0 Å². The number of hydrogen-bond donors (Lipinski definition) is 2. The molecule has 4 nitrogen and oxygen atoms in total. The second-order valence-corrected chi connectivity index (χ2v) is 5.00. The van der Waals surface area contributed by atoms with E-state index in [9.17, 15) is 9.59 Å². The maximum Gasteiger partial charge on any atom is 0.307 e. The average Bonchev–Trinajstić information content (AvgIpc) is 2.71. The molecule has 1 fully saturated rings. The molecule has 0 aromatic rings. The molecule has 0 spiro atoms. The molecule has 2 N–H and O–H groups in total. The highest BCUT2D eigenvalue weighted by Crippen LogP contribution is 2.38.